The van der Waals surface area contributed by atoms with Gasteiger partial charge in [0, 0.05) is 50.1 Å². The molecular formula is C22H27N3. The number of piperazine rings is 1. The van der Waals surface area contributed by atoms with Crippen LogP contribution in [0.1, 0.15) is 24.0 Å². The summed E-state index contributed by atoms with van der Waals surface area (Å²) in [5.74, 6) is 0. The summed E-state index contributed by atoms with van der Waals surface area (Å²) in [5.41, 5.74) is 5.79. The first-order valence-corrected chi connectivity index (χ1v) is 9.78. The van der Waals surface area contributed by atoms with Gasteiger partial charge in [-0.05, 0) is 49.1 Å². The highest BCUT2D eigenvalue weighted by Gasteiger charge is 2.31. The molecule has 5 rings (SSSR count). The van der Waals surface area contributed by atoms with Gasteiger partial charge < -0.3 is 9.80 Å². The highest BCUT2D eigenvalue weighted by molar-refractivity contribution is 5.66. The molecule has 3 aliphatic heterocycles. The van der Waals surface area contributed by atoms with Crippen molar-refractivity contribution in [1.82, 2.24) is 4.90 Å². The second-order valence-electron chi connectivity index (χ2n) is 7.75. The smallest absolute Gasteiger partial charge is 0.0429 e. The number of rotatable bonds is 3. The summed E-state index contributed by atoms with van der Waals surface area (Å²) in [6.07, 6.45) is 3.94. The first kappa shape index (κ1) is 15.3. The van der Waals surface area contributed by atoms with Gasteiger partial charge >= 0.3 is 0 Å². The van der Waals surface area contributed by atoms with Gasteiger partial charge in [0.15, 0.2) is 0 Å². The van der Waals surface area contributed by atoms with E-state index in [1.807, 2.05) is 0 Å². The predicted octanol–water partition coefficient (Wildman–Crippen LogP) is 3.53. The molecule has 2 fully saturated rings. The van der Waals surface area contributed by atoms with E-state index in [0.29, 0.717) is 0 Å². The summed E-state index contributed by atoms with van der Waals surface area (Å²) in [5, 5.41) is 0. The van der Waals surface area contributed by atoms with Crippen molar-refractivity contribution < 1.29 is 0 Å². The second-order valence-corrected chi connectivity index (χ2v) is 7.75. The van der Waals surface area contributed by atoms with Crippen LogP contribution < -0.4 is 9.80 Å². The van der Waals surface area contributed by atoms with Crippen molar-refractivity contribution in [2.24, 2.45) is 0 Å². The lowest BCUT2D eigenvalue weighted by Gasteiger charge is -2.39. The van der Waals surface area contributed by atoms with Crippen molar-refractivity contribution in [3.63, 3.8) is 0 Å². The van der Waals surface area contributed by atoms with Gasteiger partial charge in [-0.3, -0.25) is 4.90 Å². The van der Waals surface area contributed by atoms with Gasteiger partial charge in [0.2, 0.25) is 0 Å². The van der Waals surface area contributed by atoms with Gasteiger partial charge in [-0.1, -0.05) is 36.4 Å². The Hall–Kier alpha value is -2.00. The molecule has 130 valence electrons. The molecule has 0 spiro atoms. The average Bonchev–Trinajstić information content (AvgIpc) is 3.28. The minimum atomic E-state index is 0.780. The monoisotopic (exact) mass is 333 g/mol. The molecule has 0 radical (unpaired) electrons. The molecule has 3 nitrogen and oxygen atoms in total. The van der Waals surface area contributed by atoms with Crippen LogP contribution in [-0.2, 0) is 13.0 Å². The van der Waals surface area contributed by atoms with Crippen molar-refractivity contribution in [3.05, 3.63) is 59.7 Å². The lowest BCUT2D eigenvalue weighted by atomic mass is 10.1. The van der Waals surface area contributed by atoms with Crippen LogP contribution in [0, 0.1) is 0 Å². The van der Waals surface area contributed by atoms with Crippen LogP contribution in [0.25, 0.3) is 0 Å². The fourth-order valence-electron chi connectivity index (χ4n) is 4.82. The van der Waals surface area contributed by atoms with E-state index < -0.39 is 0 Å². The molecule has 3 heteroatoms. The zero-order chi connectivity index (χ0) is 16.6. The molecule has 2 saturated heterocycles. The van der Waals surface area contributed by atoms with Crippen LogP contribution in [-0.4, -0.2) is 43.7 Å². The highest BCUT2D eigenvalue weighted by Crippen LogP contribution is 2.34. The summed E-state index contributed by atoms with van der Waals surface area (Å²) >= 11 is 0. The maximum atomic E-state index is 2.69. The Bertz CT molecular complexity index is 742. The topological polar surface area (TPSA) is 9.72 Å². The zero-order valence-electron chi connectivity index (χ0n) is 14.9. The Balaban J connectivity index is 1.36. The van der Waals surface area contributed by atoms with Crippen LogP contribution in [0.3, 0.4) is 0 Å². The summed E-state index contributed by atoms with van der Waals surface area (Å²) in [6.45, 7) is 7.09. The number of fused-ring (bicyclic) bond motifs is 2. The van der Waals surface area contributed by atoms with Crippen molar-refractivity contribution >= 4 is 11.4 Å². The summed E-state index contributed by atoms with van der Waals surface area (Å²) < 4.78 is 0. The lowest BCUT2D eigenvalue weighted by molar-refractivity contribution is 0.231. The van der Waals surface area contributed by atoms with E-state index in [1.54, 1.807) is 0 Å². The van der Waals surface area contributed by atoms with Gasteiger partial charge in [-0.2, -0.15) is 0 Å². The van der Waals surface area contributed by atoms with Crippen molar-refractivity contribution in [1.29, 1.82) is 0 Å². The standard InChI is InChI=1S/C22H27N3/c1-2-5-18(6-3-1)16-25-12-10-19-8-9-20(15-22(19)25)24-14-13-23-11-4-7-21(23)17-24/h1-3,5-6,8-9,15,21H,4,7,10-14,16-17H2/t21-/m0/s1. The van der Waals surface area contributed by atoms with E-state index in [4.69, 9.17) is 0 Å². The number of hydrogen-bond donors (Lipinski definition) is 0. The van der Waals surface area contributed by atoms with Crippen LogP contribution in [0.15, 0.2) is 48.5 Å². The highest BCUT2D eigenvalue weighted by atomic mass is 15.3. The first-order chi connectivity index (χ1) is 12.4. The van der Waals surface area contributed by atoms with Gasteiger partial charge in [0.05, 0.1) is 0 Å². The van der Waals surface area contributed by atoms with E-state index in [-0.39, 0.29) is 0 Å². The number of anilines is 2. The van der Waals surface area contributed by atoms with E-state index in [1.165, 1.54) is 67.9 Å². The van der Waals surface area contributed by atoms with Gasteiger partial charge in [0.1, 0.15) is 0 Å². The molecule has 0 unspecified atom stereocenters. The summed E-state index contributed by atoms with van der Waals surface area (Å²) in [4.78, 5) is 7.86. The summed E-state index contributed by atoms with van der Waals surface area (Å²) in [7, 11) is 0. The van der Waals surface area contributed by atoms with E-state index in [9.17, 15) is 0 Å². The Morgan fingerprint density at radius 2 is 1.84 bits per heavy atom. The number of benzene rings is 2. The Kier molecular flexibility index (Phi) is 3.90. The second kappa shape index (κ2) is 6.38. The predicted molar refractivity (Wildman–Crippen MR) is 104 cm³/mol. The van der Waals surface area contributed by atoms with Crippen molar-refractivity contribution in [3.8, 4) is 0 Å². The van der Waals surface area contributed by atoms with E-state index in [0.717, 1.165) is 19.1 Å². The fourth-order valence-corrected chi connectivity index (χ4v) is 4.82. The molecule has 2 aromatic rings. The third-order valence-electron chi connectivity index (χ3n) is 6.23. The zero-order valence-corrected chi connectivity index (χ0v) is 14.9. The molecule has 0 bridgehead atoms. The normalized spacial score (nSPS) is 23.0. The van der Waals surface area contributed by atoms with E-state index in [2.05, 4.69) is 63.2 Å². The Morgan fingerprint density at radius 3 is 2.76 bits per heavy atom. The van der Waals surface area contributed by atoms with Crippen LogP contribution in [0.4, 0.5) is 11.4 Å². The maximum Gasteiger partial charge on any atom is 0.0429 e. The molecular weight excluding hydrogens is 306 g/mol. The largest absolute Gasteiger partial charge is 0.369 e. The molecule has 0 aromatic heterocycles. The molecule has 2 aromatic carbocycles. The van der Waals surface area contributed by atoms with Crippen LogP contribution in [0.2, 0.25) is 0 Å². The first-order valence-electron chi connectivity index (χ1n) is 9.78. The van der Waals surface area contributed by atoms with Crippen molar-refractivity contribution in [2.45, 2.75) is 31.8 Å². The Labute approximate surface area is 150 Å². The molecule has 0 saturated carbocycles. The fraction of sp³-hybridized carbons (Fsp3) is 0.455. The minimum absolute atomic E-state index is 0.780. The van der Waals surface area contributed by atoms with Crippen LogP contribution in [0.5, 0.6) is 0 Å². The lowest BCUT2D eigenvalue weighted by Crippen LogP contribution is -2.50. The van der Waals surface area contributed by atoms with Gasteiger partial charge in [0.25, 0.3) is 0 Å². The maximum absolute atomic E-state index is 2.69. The molecule has 0 amide bonds. The molecule has 0 N–H and O–H groups in total. The van der Waals surface area contributed by atoms with E-state index >= 15 is 0 Å². The van der Waals surface area contributed by atoms with Gasteiger partial charge in [-0.15, -0.1) is 0 Å². The molecule has 25 heavy (non-hydrogen) atoms. The average molecular weight is 333 g/mol. The number of nitrogens with zero attached hydrogens (tertiary/aromatic N) is 3. The molecule has 1 atom stereocenters. The number of hydrogen-bond acceptors (Lipinski definition) is 3. The molecule has 3 heterocycles. The summed E-state index contributed by atoms with van der Waals surface area (Å²) in [6, 6.07) is 18.8. The van der Waals surface area contributed by atoms with Crippen molar-refractivity contribution in [2.75, 3.05) is 42.5 Å². The SMILES string of the molecule is c1ccc(CN2CCc3ccc(N4CCN5CCC[C@H]5C4)cc32)cc1. The van der Waals surface area contributed by atoms with Crippen LogP contribution >= 0.6 is 0 Å². The molecule has 3 aliphatic rings. The quantitative estimate of drug-likeness (QED) is 0.851. The Morgan fingerprint density at radius 1 is 0.920 bits per heavy atom. The minimum Gasteiger partial charge on any atom is -0.369 e. The van der Waals surface area contributed by atoms with Gasteiger partial charge in [-0.25, -0.2) is 0 Å². The third kappa shape index (κ3) is 2.91. The molecule has 0 aliphatic carbocycles. The third-order valence-corrected chi connectivity index (χ3v) is 6.23.